The van der Waals surface area contributed by atoms with E-state index in [1.165, 1.54) is 13.2 Å². The molecule has 0 radical (unpaired) electrons. The molecule has 0 bridgehead atoms. The molecular formula is C11H18O5. The topological polar surface area (TPSA) is 57.2 Å². The summed E-state index contributed by atoms with van der Waals surface area (Å²) in [6, 6.07) is 0. The lowest BCUT2D eigenvalue weighted by Crippen LogP contribution is -2.59. The van der Waals surface area contributed by atoms with Crippen molar-refractivity contribution in [2.45, 2.75) is 43.7 Å². The Hall–Kier alpha value is -0.460. The first-order valence-corrected chi connectivity index (χ1v) is 5.28. The number of methoxy groups -OCH3 is 1. The second-order valence-corrected chi connectivity index (χ2v) is 4.63. The van der Waals surface area contributed by atoms with Crippen LogP contribution in [0.5, 0.6) is 0 Å². The van der Waals surface area contributed by atoms with Crippen molar-refractivity contribution in [3.8, 4) is 0 Å². The Morgan fingerprint density at radius 2 is 2.12 bits per heavy atom. The molecule has 2 rings (SSSR count). The van der Waals surface area contributed by atoms with E-state index in [4.69, 9.17) is 18.9 Å². The van der Waals surface area contributed by atoms with Crippen molar-refractivity contribution in [3.05, 3.63) is 12.7 Å². The fourth-order valence-electron chi connectivity index (χ4n) is 2.14. The maximum atomic E-state index is 10.3. The second-order valence-electron chi connectivity index (χ2n) is 4.63. The molecule has 0 aliphatic carbocycles. The summed E-state index contributed by atoms with van der Waals surface area (Å²) in [5, 5.41) is 10.3. The van der Waals surface area contributed by atoms with Crippen molar-refractivity contribution in [1.82, 2.24) is 0 Å². The van der Waals surface area contributed by atoms with E-state index in [1.807, 2.05) is 0 Å². The molecular weight excluding hydrogens is 212 g/mol. The average molecular weight is 230 g/mol. The maximum Gasteiger partial charge on any atom is 0.186 e. The van der Waals surface area contributed by atoms with Gasteiger partial charge in [0.2, 0.25) is 0 Å². The lowest BCUT2D eigenvalue weighted by molar-refractivity contribution is -0.253. The van der Waals surface area contributed by atoms with E-state index < -0.39 is 29.9 Å². The highest BCUT2D eigenvalue weighted by molar-refractivity contribution is 5.10. The second kappa shape index (κ2) is 3.78. The largest absolute Gasteiger partial charge is 0.381 e. The van der Waals surface area contributed by atoms with Crippen molar-refractivity contribution in [3.63, 3.8) is 0 Å². The van der Waals surface area contributed by atoms with Gasteiger partial charge in [-0.2, -0.15) is 0 Å². The van der Waals surface area contributed by atoms with Gasteiger partial charge < -0.3 is 24.1 Å². The standard InChI is InChI=1S/C11H18O5/c1-5-11(12)6-14-9(13-4)7-8(11)16-10(2,3)15-7/h5,7-9,12H,1,6H2,2-4H3/t7-,8+,9-,11-/m0/s1. The third-order valence-electron chi connectivity index (χ3n) is 2.95. The highest BCUT2D eigenvalue weighted by Crippen LogP contribution is 2.40. The summed E-state index contributed by atoms with van der Waals surface area (Å²) >= 11 is 0. The highest BCUT2D eigenvalue weighted by atomic mass is 16.8. The molecule has 0 aromatic heterocycles. The van der Waals surface area contributed by atoms with E-state index in [9.17, 15) is 5.11 Å². The molecule has 0 unspecified atom stereocenters. The first-order chi connectivity index (χ1) is 7.42. The molecule has 2 heterocycles. The minimum atomic E-state index is -1.23. The molecule has 5 heteroatoms. The number of ether oxygens (including phenoxy) is 4. The zero-order valence-corrected chi connectivity index (χ0v) is 9.80. The molecule has 16 heavy (non-hydrogen) atoms. The summed E-state index contributed by atoms with van der Waals surface area (Å²) in [5.74, 6) is -0.753. The fourth-order valence-corrected chi connectivity index (χ4v) is 2.14. The molecule has 2 saturated heterocycles. The molecule has 0 aromatic rings. The molecule has 0 aromatic carbocycles. The quantitative estimate of drug-likeness (QED) is 0.697. The van der Waals surface area contributed by atoms with Gasteiger partial charge in [0.15, 0.2) is 12.1 Å². The predicted octanol–water partition coefficient (Wildman–Crippen LogP) is 0.426. The number of aliphatic hydroxyl groups is 1. The normalized spacial score (nSPS) is 46.4. The summed E-state index contributed by atoms with van der Waals surface area (Å²) in [6.45, 7) is 7.29. The molecule has 0 amide bonds. The minimum Gasteiger partial charge on any atom is -0.381 e. The third-order valence-corrected chi connectivity index (χ3v) is 2.95. The van der Waals surface area contributed by atoms with Crippen LogP contribution in [0, 0.1) is 0 Å². The van der Waals surface area contributed by atoms with Gasteiger partial charge in [-0.3, -0.25) is 0 Å². The molecule has 0 spiro atoms. The van der Waals surface area contributed by atoms with Gasteiger partial charge >= 0.3 is 0 Å². The monoisotopic (exact) mass is 230 g/mol. The number of hydrogen-bond donors (Lipinski definition) is 1. The summed E-state index contributed by atoms with van der Waals surface area (Å²) in [4.78, 5) is 0. The van der Waals surface area contributed by atoms with E-state index in [0.717, 1.165) is 0 Å². The predicted molar refractivity (Wildman–Crippen MR) is 55.7 cm³/mol. The average Bonchev–Trinajstić information content (AvgIpc) is 2.56. The van der Waals surface area contributed by atoms with Gasteiger partial charge in [-0.05, 0) is 13.8 Å². The van der Waals surface area contributed by atoms with E-state index in [0.29, 0.717) is 0 Å². The van der Waals surface area contributed by atoms with Crippen LogP contribution in [0.4, 0.5) is 0 Å². The van der Waals surface area contributed by atoms with Gasteiger partial charge in [-0.1, -0.05) is 6.08 Å². The molecule has 92 valence electrons. The van der Waals surface area contributed by atoms with Crippen LogP contribution in [0.3, 0.4) is 0 Å². The smallest absolute Gasteiger partial charge is 0.186 e. The van der Waals surface area contributed by atoms with Crippen LogP contribution in [-0.4, -0.2) is 48.7 Å². The van der Waals surface area contributed by atoms with Crippen molar-refractivity contribution in [2.24, 2.45) is 0 Å². The first-order valence-electron chi connectivity index (χ1n) is 5.28. The van der Waals surface area contributed by atoms with E-state index >= 15 is 0 Å². The van der Waals surface area contributed by atoms with Gasteiger partial charge in [0.25, 0.3) is 0 Å². The van der Waals surface area contributed by atoms with Crippen molar-refractivity contribution in [1.29, 1.82) is 0 Å². The van der Waals surface area contributed by atoms with Crippen LogP contribution in [0.2, 0.25) is 0 Å². The summed E-state index contributed by atoms with van der Waals surface area (Å²) in [5.41, 5.74) is -1.23. The lowest BCUT2D eigenvalue weighted by Gasteiger charge is -2.40. The SMILES string of the molecule is C=C[C@]1(O)CO[C@H](OC)[C@H]2OC(C)(C)O[C@H]21. The summed E-state index contributed by atoms with van der Waals surface area (Å²) in [6.07, 6.45) is -0.0520. The van der Waals surface area contributed by atoms with Crippen LogP contribution in [0.15, 0.2) is 12.7 Å². The Balaban J connectivity index is 2.27. The van der Waals surface area contributed by atoms with Gasteiger partial charge in [-0.25, -0.2) is 0 Å². The molecule has 0 saturated carbocycles. The molecule has 1 N–H and O–H groups in total. The van der Waals surface area contributed by atoms with Gasteiger partial charge in [0.05, 0.1) is 6.61 Å². The van der Waals surface area contributed by atoms with Gasteiger partial charge in [-0.15, -0.1) is 6.58 Å². The van der Waals surface area contributed by atoms with Crippen LogP contribution in [0.25, 0.3) is 0 Å². The molecule has 2 aliphatic rings. The Morgan fingerprint density at radius 3 is 2.69 bits per heavy atom. The van der Waals surface area contributed by atoms with Crippen LogP contribution < -0.4 is 0 Å². The van der Waals surface area contributed by atoms with E-state index in [1.54, 1.807) is 13.8 Å². The Kier molecular flexibility index (Phi) is 2.84. The van der Waals surface area contributed by atoms with Crippen LogP contribution in [0.1, 0.15) is 13.8 Å². The fraction of sp³-hybridized carbons (Fsp3) is 0.818. The summed E-state index contributed by atoms with van der Waals surface area (Å²) in [7, 11) is 1.54. The van der Waals surface area contributed by atoms with Crippen LogP contribution >= 0.6 is 0 Å². The lowest BCUT2D eigenvalue weighted by atomic mass is 9.91. The number of hydrogen-bond acceptors (Lipinski definition) is 5. The Labute approximate surface area is 94.9 Å². The molecule has 2 fully saturated rings. The number of fused-ring (bicyclic) bond motifs is 1. The first kappa shape index (κ1) is 12.0. The zero-order valence-electron chi connectivity index (χ0n) is 9.80. The minimum absolute atomic E-state index is 0.0929. The van der Waals surface area contributed by atoms with E-state index in [2.05, 4.69) is 6.58 Å². The van der Waals surface area contributed by atoms with Gasteiger partial charge in [0, 0.05) is 7.11 Å². The van der Waals surface area contributed by atoms with Crippen molar-refractivity contribution < 1.29 is 24.1 Å². The maximum absolute atomic E-state index is 10.3. The van der Waals surface area contributed by atoms with Crippen molar-refractivity contribution >= 4 is 0 Å². The number of rotatable bonds is 2. The Bertz CT molecular complexity index is 290. The van der Waals surface area contributed by atoms with Crippen molar-refractivity contribution in [2.75, 3.05) is 13.7 Å². The van der Waals surface area contributed by atoms with Gasteiger partial charge in [0.1, 0.15) is 17.8 Å². The molecule has 4 atom stereocenters. The third kappa shape index (κ3) is 1.78. The molecule has 2 aliphatic heterocycles. The zero-order chi connectivity index (χ0) is 12.0. The Morgan fingerprint density at radius 1 is 1.44 bits per heavy atom. The molecule has 5 nitrogen and oxygen atoms in total. The highest BCUT2D eigenvalue weighted by Gasteiger charge is 2.57. The van der Waals surface area contributed by atoms with Crippen LogP contribution in [-0.2, 0) is 18.9 Å². The van der Waals surface area contributed by atoms with E-state index in [-0.39, 0.29) is 6.61 Å². The summed E-state index contributed by atoms with van der Waals surface area (Å²) < 4.78 is 21.9.